The lowest BCUT2D eigenvalue weighted by atomic mass is 9.98. The number of hydrogen-bond donors (Lipinski definition) is 3. The highest BCUT2D eigenvalue weighted by Gasteiger charge is 2.35. The summed E-state index contributed by atoms with van der Waals surface area (Å²) >= 11 is 0. The number of aliphatic carboxylic acids is 1. The van der Waals surface area contributed by atoms with Crippen LogP contribution in [0, 0.1) is 5.92 Å². The van der Waals surface area contributed by atoms with Crippen molar-refractivity contribution in [1.82, 2.24) is 15.1 Å². The standard InChI is InChI=1S/C26H26N4O5/c31-24(32)14-30-13-16(12-27-30)28-25(33)21-10-5-11-23(21)29-26(34)35-15-22-19-8-3-1-6-17(19)18-7-2-4-9-20(18)22/h1-4,6-9,12-13,21-23H,5,10-11,14-15H2,(H,28,33)(H,29,34)(H,31,32)/t21-,23+/m1/s1. The summed E-state index contributed by atoms with van der Waals surface area (Å²) in [4.78, 5) is 36.3. The quantitative estimate of drug-likeness (QED) is 0.481. The van der Waals surface area contributed by atoms with E-state index in [0.717, 1.165) is 28.7 Å². The van der Waals surface area contributed by atoms with Crippen molar-refractivity contribution in [2.75, 3.05) is 11.9 Å². The number of carbonyl (C=O) groups is 3. The first-order chi connectivity index (χ1) is 17.0. The van der Waals surface area contributed by atoms with Crippen molar-refractivity contribution in [2.45, 2.75) is 37.8 Å². The molecule has 2 atom stereocenters. The molecule has 1 heterocycles. The van der Waals surface area contributed by atoms with Crippen molar-refractivity contribution >= 4 is 23.7 Å². The third-order valence-corrected chi connectivity index (χ3v) is 6.70. The fraction of sp³-hybridized carbons (Fsp3) is 0.308. The molecule has 0 unspecified atom stereocenters. The Hall–Kier alpha value is -4.14. The van der Waals surface area contributed by atoms with Gasteiger partial charge in [-0.05, 0) is 35.1 Å². The van der Waals surface area contributed by atoms with Crippen molar-refractivity contribution in [1.29, 1.82) is 0 Å². The maximum atomic E-state index is 12.8. The van der Waals surface area contributed by atoms with Crippen molar-refractivity contribution in [3.05, 3.63) is 72.1 Å². The number of nitrogens with one attached hydrogen (secondary N) is 2. The molecule has 1 fully saturated rings. The molecule has 3 aromatic rings. The van der Waals surface area contributed by atoms with E-state index in [1.807, 2.05) is 24.3 Å². The topological polar surface area (TPSA) is 123 Å². The van der Waals surface area contributed by atoms with E-state index < -0.39 is 18.0 Å². The number of aromatic nitrogens is 2. The Labute approximate surface area is 202 Å². The average molecular weight is 475 g/mol. The van der Waals surface area contributed by atoms with E-state index in [9.17, 15) is 14.4 Å². The van der Waals surface area contributed by atoms with Crippen LogP contribution in [0.15, 0.2) is 60.9 Å². The minimum absolute atomic E-state index is 0.0295. The minimum atomic E-state index is -1.02. The fourth-order valence-electron chi connectivity index (χ4n) is 5.13. The Kier molecular flexibility index (Phi) is 6.22. The molecule has 0 spiro atoms. The van der Waals surface area contributed by atoms with Gasteiger partial charge in [-0.2, -0.15) is 5.10 Å². The molecular formula is C26H26N4O5. The Morgan fingerprint density at radius 2 is 1.71 bits per heavy atom. The van der Waals surface area contributed by atoms with Crippen molar-refractivity contribution < 1.29 is 24.2 Å². The van der Waals surface area contributed by atoms with Gasteiger partial charge in [-0.15, -0.1) is 0 Å². The zero-order valence-corrected chi connectivity index (χ0v) is 19.0. The van der Waals surface area contributed by atoms with Gasteiger partial charge in [-0.25, -0.2) is 4.79 Å². The Morgan fingerprint density at radius 3 is 2.40 bits per heavy atom. The molecule has 0 bridgehead atoms. The van der Waals surface area contributed by atoms with Crippen LogP contribution < -0.4 is 10.6 Å². The highest BCUT2D eigenvalue weighted by atomic mass is 16.5. The molecule has 2 aliphatic carbocycles. The van der Waals surface area contributed by atoms with E-state index in [2.05, 4.69) is 40.0 Å². The van der Waals surface area contributed by atoms with Crippen LogP contribution in [0.25, 0.3) is 11.1 Å². The van der Waals surface area contributed by atoms with Crippen LogP contribution in [0.5, 0.6) is 0 Å². The smallest absolute Gasteiger partial charge is 0.407 e. The van der Waals surface area contributed by atoms with Crippen molar-refractivity contribution in [2.24, 2.45) is 5.92 Å². The number of carbonyl (C=O) groups excluding carboxylic acids is 2. The third-order valence-electron chi connectivity index (χ3n) is 6.70. The lowest BCUT2D eigenvalue weighted by Gasteiger charge is -2.21. The molecule has 9 heteroatoms. The Bertz CT molecular complexity index is 1220. The lowest BCUT2D eigenvalue weighted by molar-refractivity contribution is -0.137. The lowest BCUT2D eigenvalue weighted by Crippen LogP contribution is -2.42. The summed E-state index contributed by atoms with van der Waals surface area (Å²) in [7, 11) is 0. The van der Waals surface area contributed by atoms with Gasteiger partial charge in [-0.3, -0.25) is 14.3 Å². The maximum Gasteiger partial charge on any atom is 0.407 e. The molecular weight excluding hydrogens is 448 g/mol. The highest BCUT2D eigenvalue weighted by Crippen LogP contribution is 2.44. The van der Waals surface area contributed by atoms with Crippen LogP contribution in [0.4, 0.5) is 10.5 Å². The number of benzene rings is 2. The largest absolute Gasteiger partial charge is 0.480 e. The van der Waals surface area contributed by atoms with Gasteiger partial charge in [0, 0.05) is 18.2 Å². The summed E-state index contributed by atoms with van der Waals surface area (Å²) in [5, 5.41) is 18.4. The zero-order valence-electron chi connectivity index (χ0n) is 19.0. The number of carboxylic acid groups (broad SMARTS) is 1. The number of ether oxygens (including phenoxy) is 1. The fourth-order valence-corrected chi connectivity index (χ4v) is 5.13. The molecule has 180 valence electrons. The normalized spacial score (nSPS) is 18.5. The Morgan fingerprint density at radius 1 is 1.03 bits per heavy atom. The van der Waals surface area contributed by atoms with Gasteiger partial charge in [-0.1, -0.05) is 55.0 Å². The number of rotatable bonds is 7. The molecule has 2 aliphatic rings. The first-order valence-electron chi connectivity index (χ1n) is 11.7. The zero-order chi connectivity index (χ0) is 24.4. The van der Waals surface area contributed by atoms with E-state index in [-0.39, 0.29) is 31.0 Å². The van der Waals surface area contributed by atoms with Gasteiger partial charge >= 0.3 is 12.1 Å². The summed E-state index contributed by atoms with van der Waals surface area (Å²) in [5.41, 5.74) is 5.03. The summed E-state index contributed by atoms with van der Waals surface area (Å²) in [6.45, 7) is -0.0720. The molecule has 2 aromatic carbocycles. The molecule has 2 amide bonds. The molecule has 3 N–H and O–H groups in total. The number of alkyl carbamates (subject to hydrolysis) is 1. The van der Waals surface area contributed by atoms with Crippen molar-refractivity contribution in [3.8, 4) is 11.1 Å². The number of amides is 2. The van der Waals surface area contributed by atoms with Gasteiger partial charge in [0.25, 0.3) is 0 Å². The van der Waals surface area contributed by atoms with E-state index >= 15 is 0 Å². The van der Waals surface area contributed by atoms with E-state index in [0.29, 0.717) is 18.5 Å². The minimum Gasteiger partial charge on any atom is -0.480 e. The van der Waals surface area contributed by atoms with Crippen LogP contribution in [-0.4, -0.2) is 45.5 Å². The number of anilines is 1. The van der Waals surface area contributed by atoms with Gasteiger partial charge < -0.3 is 20.5 Å². The van der Waals surface area contributed by atoms with Gasteiger partial charge in [0.1, 0.15) is 13.2 Å². The molecule has 5 rings (SSSR count). The SMILES string of the molecule is O=C(O)Cn1cc(NC(=O)[C@@H]2CCC[C@@H]2NC(=O)OCC2c3ccccc3-c3ccccc32)cn1. The number of hydrogen-bond acceptors (Lipinski definition) is 5. The summed E-state index contributed by atoms with van der Waals surface area (Å²) in [5.74, 6) is -1.69. The van der Waals surface area contributed by atoms with Crippen LogP contribution in [0.2, 0.25) is 0 Å². The third kappa shape index (κ3) is 4.75. The van der Waals surface area contributed by atoms with Crippen LogP contribution in [0.3, 0.4) is 0 Å². The Balaban J connectivity index is 1.18. The van der Waals surface area contributed by atoms with Crippen molar-refractivity contribution in [3.63, 3.8) is 0 Å². The van der Waals surface area contributed by atoms with E-state index in [4.69, 9.17) is 9.84 Å². The van der Waals surface area contributed by atoms with E-state index in [1.54, 1.807) is 0 Å². The second-order valence-corrected chi connectivity index (χ2v) is 8.92. The molecule has 35 heavy (non-hydrogen) atoms. The first kappa shape index (κ1) is 22.6. The average Bonchev–Trinajstić information content (AvgIpc) is 3.55. The molecule has 1 saturated carbocycles. The summed E-state index contributed by atoms with van der Waals surface area (Å²) in [6, 6.07) is 16.0. The number of nitrogens with zero attached hydrogens (tertiary/aromatic N) is 2. The second-order valence-electron chi connectivity index (χ2n) is 8.92. The predicted octanol–water partition coefficient (Wildman–Crippen LogP) is 3.61. The number of fused-ring (bicyclic) bond motifs is 3. The van der Waals surface area contributed by atoms with Crippen LogP contribution >= 0.6 is 0 Å². The maximum absolute atomic E-state index is 12.8. The first-order valence-corrected chi connectivity index (χ1v) is 11.7. The summed E-state index contributed by atoms with van der Waals surface area (Å²) < 4.78 is 6.87. The van der Waals surface area contributed by atoms with Gasteiger partial charge in [0.05, 0.1) is 17.8 Å². The predicted molar refractivity (Wildman–Crippen MR) is 128 cm³/mol. The highest BCUT2D eigenvalue weighted by molar-refractivity contribution is 5.93. The molecule has 9 nitrogen and oxygen atoms in total. The molecule has 1 aromatic heterocycles. The van der Waals surface area contributed by atoms with Crippen LogP contribution in [-0.2, 0) is 20.9 Å². The van der Waals surface area contributed by atoms with Crippen LogP contribution in [0.1, 0.15) is 36.3 Å². The second kappa shape index (κ2) is 9.61. The molecule has 0 saturated heterocycles. The number of carboxylic acids is 1. The van der Waals surface area contributed by atoms with Gasteiger partial charge in [0.2, 0.25) is 5.91 Å². The molecule has 0 aliphatic heterocycles. The molecule has 0 radical (unpaired) electrons. The van der Waals surface area contributed by atoms with Gasteiger partial charge in [0.15, 0.2) is 0 Å². The summed E-state index contributed by atoms with van der Waals surface area (Å²) in [6.07, 6.45) is 4.47. The van der Waals surface area contributed by atoms with E-state index in [1.165, 1.54) is 17.1 Å². The monoisotopic (exact) mass is 474 g/mol.